The summed E-state index contributed by atoms with van der Waals surface area (Å²) in [6.45, 7) is 10.0. The first-order chi connectivity index (χ1) is 19.2. The Morgan fingerprint density at radius 1 is 0.951 bits per heavy atom. The summed E-state index contributed by atoms with van der Waals surface area (Å²) in [5.74, 6) is -5.69. The summed E-state index contributed by atoms with van der Waals surface area (Å²) in [7, 11) is 0. The van der Waals surface area contributed by atoms with Gasteiger partial charge in [-0.1, -0.05) is 54.7 Å². The average molecular weight is 646 g/mol. The SMILES string of the molecule is C=C.CC.O=C(NNc1ncccn1)c1ccc(/C(F)=C/C(c2cc(Cl)c(Cl)c(Cl)c2)C(F)(F)F)cc1C(F)(F)F. The van der Waals surface area contributed by atoms with Gasteiger partial charge in [0.25, 0.3) is 5.91 Å². The molecule has 0 radical (unpaired) electrons. The van der Waals surface area contributed by atoms with Crippen LogP contribution in [0.3, 0.4) is 0 Å². The van der Waals surface area contributed by atoms with Crippen molar-refractivity contribution in [1.82, 2.24) is 15.4 Å². The van der Waals surface area contributed by atoms with Gasteiger partial charge in [0, 0.05) is 18.0 Å². The fourth-order valence-corrected chi connectivity index (χ4v) is 3.66. The summed E-state index contributed by atoms with van der Waals surface area (Å²) in [5.41, 5.74) is 0.180. The van der Waals surface area contributed by atoms with Crippen LogP contribution >= 0.6 is 34.8 Å². The normalized spacial score (nSPS) is 12.2. The van der Waals surface area contributed by atoms with E-state index in [0.717, 1.165) is 18.2 Å². The van der Waals surface area contributed by atoms with Crippen LogP contribution in [0.2, 0.25) is 15.1 Å². The summed E-state index contributed by atoms with van der Waals surface area (Å²) in [5, 5.41) is -0.901. The molecule has 0 aliphatic carbocycles. The standard InChI is InChI=1S/C22H12Cl3F7N4O.C2H6.C2H4/c23-15-7-11(8-16(24)18(15)25)13(21(27,28)29)9-17(26)10-2-3-12(14(6-10)22(30,31)32)19(37)35-36-20-33-4-1-5-34-20;2*1-2/h1-9,13H,(H,35,37)(H,33,34,36);1-2H3;1-2H2/b17-9-;;. The molecular weight excluding hydrogens is 624 g/mol. The first kappa shape index (κ1) is 35.7. The molecule has 1 unspecified atom stereocenters. The summed E-state index contributed by atoms with van der Waals surface area (Å²) in [6, 6.07) is 4.65. The lowest BCUT2D eigenvalue weighted by atomic mass is 9.95. The highest BCUT2D eigenvalue weighted by Crippen LogP contribution is 2.42. The highest BCUT2D eigenvalue weighted by molar-refractivity contribution is 6.48. The zero-order chi connectivity index (χ0) is 31.5. The van der Waals surface area contributed by atoms with Crippen molar-refractivity contribution in [2.24, 2.45) is 0 Å². The van der Waals surface area contributed by atoms with Crippen LogP contribution in [-0.4, -0.2) is 22.1 Å². The monoisotopic (exact) mass is 644 g/mol. The molecule has 222 valence electrons. The zero-order valence-electron chi connectivity index (χ0n) is 21.3. The van der Waals surface area contributed by atoms with Gasteiger partial charge in [0.2, 0.25) is 5.95 Å². The molecular formula is C26H22Cl3F7N4O. The Hall–Kier alpha value is -3.35. The first-order valence-electron chi connectivity index (χ1n) is 11.3. The Kier molecular flexibility index (Phi) is 13.6. The fourth-order valence-electron chi connectivity index (χ4n) is 3.05. The second-order valence-corrected chi connectivity index (χ2v) is 8.43. The molecule has 0 aliphatic rings. The molecule has 0 spiro atoms. The Labute approximate surface area is 246 Å². The quantitative estimate of drug-likeness (QED) is 0.121. The molecule has 0 bridgehead atoms. The molecule has 5 nitrogen and oxygen atoms in total. The van der Waals surface area contributed by atoms with Crippen molar-refractivity contribution in [3.05, 3.63) is 105 Å². The molecule has 1 amide bonds. The Bertz CT molecular complexity index is 1330. The molecule has 0 saturated carbocycles. The molecule has 15 heteroatoms. The van der Waals surface area contributed by atoms with Crippen LogP contribution < -0.4 is 10.9 Å². The van der Waals surface area contributed by atoms with Crippen molar-refractivity contribution in [1.29, 1.82) is 0 Å². The van der Waals surface area contributed by atoms with Crippen molar-refractivity contribution < 1.29 is 35.5 Å². The average Bonchev–Trinajstić information content (AvgIpc) is 2.94. The van der Waals surface area contributed by atoms with Crippen LogP contribution in [0.25, 0.3) is 5.83 Å². The number of nitrogens with zero attached hydrogens (tertiary/aromatic N) is 2. The van der Waals surface area contributed by atoms with E-state index in [9.17, 15) is 35.5 Å². The van der Waals surface area contributed by atoms with Gasteiger partial charge in [-0.3, -0.25) is 15.6 Å². The number of amides is 1. The van der Waals surface area contributed by atoms with Crippen LogP contribution in [0.5, 0.6) is 0 Å². The van der Waals surface area contributed by atoms with Gasteiger partial charge in [0.05, 0.1) is 26.2 Å². The number of hydrogen-bond donors (Lipinski definition) is 2. The van der Waals surface area contributed by atoms with E-state index < -0.39 is 52.3 Å². The molecule has 3 aromatic rings. The number of benzene rings is 2. The molecule has 3 rings (SSSR count). The minimum Gasteiger partial charge on any atom is -0.267 e. The van der Waals surface area contributed by atoms with Crippen molar-refractivity contribution in [3.8, 4) is 0 Å². The van der Waals surface area contributed by atoms with E-state index in [4.69, 9.17) is 34.8 Å². The number of hydrazine groups is 1. The molecule has 0 fully saturated rings. The third-order valence-electron chi connectivity index (χ3n) is 4.73. The van der Waals surface area contributed by atoms with Crippen LogP contribution in [0.1, 0.15) is 46.8 Å². The smallest absolute Gasteiger partial charge is 0.267 e. The zero-order valence-corrected chi connectivity index (χ0v) is 23.5. The highest BCUT2D eigenvalue weighted by Gasteiger charge is 2.41. The number of alkyl halides is 6. The van der Waals surface area contributed by atoms with E-state index in [2.05, 4.69) is 28.6 Å². The molecule has 1 aromatic heterocycles. The van der Waals surface area contributed by atoms with Crippen molar-refractivity contribution in [3.63, 3.8) is 0 Å². The molecule has 0 saturated heterocycles. The van der Waals surface area contributed by atoms with E-state index in [0.29, 0.717) is 6.07 Å². The van der Waals surface area contributed by atoms with Gasteiger partial charge in [-0.15, -0.1) is 13.2 Å². The number of carbonyl (C=O) groups excluding carboxylic acids is 1. The summed E-state index contributed by atoms with van der Waals surface area (Å²) in [6.07, 6.45) is -7.57. The number of hydrogen-bond acceptors (Lipinski definition) is 4. The van der Waals surface area contributed by atoms with E-state index in [-0.39, 0.29) is 33.2 Å². The van der Waals surface area contributed by atoms with Crippen molar-refractivity contribution in [2.45, 2.75) is 32.1 Å². The third kappa shape index (κ3) is 9.91. The second-order valence-electron chi connectivity index (χ2n) is 7.24. The van der Waals surface area contributed by atoms with Crippen LogP contribution in [0, 0.1) is 0 Å². The molecule has 2 N–H and O–H groups in total. The predicted octanol–water partition coefficient (Wildman–Crippen LogP) is 9.70. The Morgan fingerprint density at radius 2 is 1.49 bits per heavy atom. The van der Waals surface area contributed by atoms with Gasteiger partial charge in [-0.2, -0.15) is 26.3 Å². The van der Waals surface area contributed by atoms with Gasteiger partial charge in [0.15, 0.2) is 0 Å². The molecule has 1 atom stereocenters. The number of halogens is 10. The number of aromatic nitrogens is 2. The number of anilines is 1. The lowest BCUT2D eigenvalue weighted by Crippen LogP contribution is -2.32. The van der Waals surface area contributed by atoms with E-state index >= 15 is 0 Å². The second kappa shape index (κ2) is 15.6. The number of carbonyl (C=O) groups is 1. The first-order valence-corrected chi connectivity index (χ1v) is 12.5. The summed E-state index contributed by atoms with van der Waals surface area (Å²) < 4.78 is 97.1. The van der Waals surface area contributed by atoms with E-state index in [1.807, 2.05) is 19.3 Å². The topological polar surface area (TPSA) is 66.9 Å². The van der Waals surface area contributed by atoms with Gasteiger partial charge >= 0.3 is 12.4 Å². The summed E-state index contributed by atoms with van der Waals surface area (Å²) in [4.78, 5) is 19.7. The summed E-state index contributed by atoms with van der Waals surface area (Å²) >= 11 is 17.3. The van der Waals surface area contributed by atoms with Crippen LogP contribution in [-0.2, 0) is 6.18 Å². The number of allylic oxidation sites excluding steroid dienone is 1. The maximum atomic E-state index is 14.9. The maximum Gasteiger partial charge on any atom is 0.417 e. The lowest BCUT2D eigenvalue weighted by molar-refractivity contribution is -0.140. The van der Waals surface area contributed by atoms with Crippen molar-refractivity contribution >= 4 is 52.5 Å². The van der Waals surface area contributed by atoms with Gasteiger partial charge in [-0.05, 0) is 42.0 Å². The largest absolute Gasteiger partial charge is 0.417 e. The Morgan fingerprint density at radius 3 is 1.98 bits per heavy atom. The predicted molar refractivity (Wildman–Crippen MR) is 147 cm³/mol. The van der Waals surface area contributed by atoms with Crippen LogP contribution in [0.15, 0.2) is 68.0 Å². The van der Waals surface area contributed by atoms with Gasteiger partial charge < -0.3 is 0 Å². The van der Waals surface area contributed by atoms with E-state index in [1.54, 1.807) is 0 Å². The molecule has 1 heterocycles. The maximum absolute atomic E-state index is 14.9. The van der Waals surface area contributed by atoms with Gasteiger partial charge in [-0.25, -0.2) is 14.4 Å². The minimum absolute atomic E-state index is 0.0689. The number of rotatable bonds is 6. The van der Waals surface area contributed by atoms with Crippen LogP contribution in [0.4, 0.5) is 36.7 Å². The third-order valence-corrected chi connectivity index (χ3v) is 5.93. The van der Waals surface area contributed by atoms with Gasteiger partial charge in [0.1, 0.15) is 11.7 Å². The fraction of sp³-hybridized carbons (Fsp3) is 0.192. The highest BCUT2D eigenvalue weighted by atomic mass is 35.5. The minimum atomic E-state index is -5.16. The number of nitrogens with one attached hydrogen (secondary N) is 2. The lowest BCUT2D eigenvalue weighted by Gasteiger charge is -2.19. The molecule has 2 aromatic carbocycles. The van der Waals surface area contributed by atoms with E-state index in [1.165, 1.54) is 18.5 Å². The Balaban J connectivity index is 0.00000201. The van der Waals surface area contributed by atoms with Crippen molar-refractivity contribution in [2.75, 3.05) is 5.43 Å². The molecule has 0 aliphatic heterocycles. The molecule has 41 heavy (non-hydrogen) atoms.